The van der Waals surface area contributed by atoms with E-state index in [0.29, 0.717) is 17.7 Å². The third-order valence-corrected chi connectivity index (χ3v) is 2.74. The Morgan fingerprint density at radius 2 is 2.40 bits per heavy atom. The molecule has 1 unspecified atom stereocenters. The lowest BCUT2D eigenvalue weighted by Crippen LogP contribution is -2.15. The van der Waals surface area contributed by atoms with Gasteiger partial charge in [0.2, 0.25) is 0 Å². The van der Waals surface area contributed by atoms with Gasteiger partial charge in [-0.15, -0.1) is 0 Å². The molecule has 0 bridgehead atoms. The maximum atomic E-state index is 11.8. The zero-order chi connectivity index (χ0) is 14.4. The predicted octanol–water partition coefficient (Wildman–Crippen LogP) is 2.52. The van der Waals surface area contributed by atoms with Gasteiger partial charge in [-0.2, -0.15) is 5.26 Å². The van der Waals surface area contributed by atoms with E-state index in [0.717, 1.165) is 5.56 Å². The Balaban J connectivity index is 1.90. The van der Waals surface area contributed by atoms with Crippen molar-refractivity contribution in [2.45, 2.75) is 13.3 Å². The largest absolute Gasteiger partial charge is 0.469 e. The molecular weight excluding hydrogens is 256 g/mol. The molecule has 20 heavy (non-hydrogen) atoms. The van der Waals surface area contributed by atoms with Gasteiger partial charge >= 0.3 is 5.97 Å². The Morgan fingerprint density at radius 1 is 1.55 bits per heavy atom. The van der Waals surface area contributed by atoms with Crippen molar-refractivity contribution in [2.24, 2.45) is 5.92 Å². The Kier molecular flexibility index (Phi) is 4.51. The van der Waals surface area contributed by atoms with Crippen molar-refractivity contribution in [2.75, 3.05) is 6.61 Å². The van der Waals surface area contributed by atoms with Crippen LogP contribution in [0.1, 0.15) is 21.7 Å². The Hall–Kier alpha value is -2.61. The first kappa shape index (κ1) is 13.8. The number of furan rings is 1. The zero-order valence-corrected chi connectivity index (χ0v) is 11.1. The summed E-state index contributed by atoms with van der Waals surface area (Å²) < 4.78 is 10.3. The molecule has 2 aromatic rings. The molecule has 5 heteroatoms. The molecule has 0 N–H and O–H groups in total. The van der Waals surface area contributed by atoms with Crippen molar-refractivity contribution in [3.63, 3.8) is 0 Å². The smallest absolute Gasteiger partial charge is 0.339 e. The number of rotatable bonds is 5. The molecule has 2 rings (SSSR count). The average Bonchev–Trinajstić information content (AvgIpc) is 2.96. The van der Waals surface area contributed by atoms with Gasteiger partial charge in [-0.1, -0.05) is 0 Å². The first-order valence-electron chi connectivity index (χ1n) is 6.20. The minimum Gasteiger partial charge on any atom is -0.469 e. The van der Waals surface area contributed by atoms with E-state index >= 15 is 0 Å². The SMILES string of the molecule is Cc1cncc(C(=O)OCC(C#N)Cc2ccco2)c1. The molecule has 0 aliphatic heterocycles. The van der Waals surface area contributed by atoms with E-state index in [-0.39, 0.29) is 6.61 Å². The summed E-state index contributed by atoms with van der Waals surface area (Å²) in [5, 5.41) is 9.06. The number of carbonyl (C=O) groups excluding carboxylic acids is 1. The summed E-state index contributed by atoms with van der Waals surface area (Å²) in [5.74, 6) is -0.200. The van der Waals surface area contributed by atoms with Crippen LogP contribution in [0.3, 0.4) is 0 Å². The van der Waals surface area contributed by atoms with Gasteiger partial charge in [0.25, 0.3) is 0 Å². The third kappa shape index (κ3) is 3.69. The second kappa shape index (κ2) is 6.53. The van der Waals surface area contributed by atoms with Gasteiger partial charge in [0, 0.05) is 18.8 Å². The van der Waals surface area contributed by atoms with E-state index in [1.807, 2.05) is 6.92 Å². The first-order valence-corrected chi connectivity index (χ1v) is 6.20. The van der Waals surface area contributed by atoms with Gasteiger partial charge in [-0.25, -0.2) is 4.79 Å². The van der Waals surface area contributed by atoms with E-state index in [9.17, 15) is 4.79 Å². The van der Waals surface area contributed by atoms with E-state index in [4.69, 9.17) is 14.4 Å². The number of nitrogens with zero attached hydrogens (tertiary/aromatic N) is 2. The number of ether oxygens (including phenoxy) is 1. The normalized spacial score (nSPS) is 11.6. The lowest BCUT2D eigenvalue weighted by Gasteiger charge is -2.09. The Morgan fingerprint density at radius 3 is 3.05 bits per heavy atom. The number of pyridine rings is 1. The molecule has 0 aliphatic carbocycles. The summed E-state index contributed by atoms with van der Waals surface area (Å²) in [4.78, 5) is 15.8. The lowest BCUT2D eigenvalue weighted by molar-refractivity contribution is 0.0465. The fourth-order valence-electron chi connectivity index (χ4n) is 1.74. The predicted molar refractivity (Wildman–Crippen MR) is 70.8 cm³/mol. The van der Waals surface area contributed by atoms with Crippen molar-refractivity contribution in [1.29, 1.82) is 5.26 Å². The minimum absolute atomic E-state index is 0.0317. The number of hydrogen-bond donors (Lipinski definition) is 0. The van der Waals surface area contributed by atoms with Gasteiger partial charge in [0.1, 0.15) is 12.4 Å². The van der Waals surface area contributed by atoms with Crippen LogP contribution in [-0.4, -0.2) is 17.6 Å². The van der Waals surface area contributed by atoms with Crippen LogP contribution in [0.15, 0.2) is 41.3 Å². The van der Waals surface area contributed by atoms with Crippen LogP contribution in [0.4, 0.5) is 0 Å². The molecule has 0 radical (unpaired) electrons. The van der Waals surface area contributed by atoms with Crippen LogP contribution in [0.25, 0.3) is 0 Å². The van der Waals surface area contributed by atoms with E-state index in [1.165, 1.54) is 6.20 Å². The standard InChI is InChI=1S/C15H14N2O3/c1-11-5-13(9-17-8-11)15(18)20-10-12(7-16)6-14-3-2-4-19-14/h2-5,8-9,12H,6,10H2,1H3. The van der Waals surface area contributed by atoms with E-state index in [2.05, 4.69) is 11.1 Å². The zero-order valence-electron chi connectivity index (χ0n) is 11.1. The molecule has 2 heterocycles. The molecule has 0 fully saturated rings. The van der Waals surface area contributed by atoms with Crippen molar-refractivity contribution >= 4 is 5.97 Å². The van der Waals surface area contributed by atoms with Crippen LogP contribution < -0.4 is 0 Å². The fraction of sp³-hybridized carbons (Fsp3) is 0.267. The topological polar surface area (TPSA) is 76.1 Å². The number of carbonyl (C=O) groups is 1. The number of aromatic nitrogens is 1. The summed E-state index contributed by atoms with van der Waals surface area (Å²) in [6.07, 6.45) is 5.08. The highest BCUT2D eigenvalue weighted by Crippen LogP contribution is 2.11. The summed E-state index contributed by atoms with van der Waals surface area (Å²) >= 11 is 0. The second-order valence-corrected chi connectivity index (χ2v) is 4.46. The van der Waals surface area contributed by atoms with Gasteiger partial charge in [-0.3, -0.25) is 4.98 Å². The van der Waals surface area contributed by atoms with Crippen molar-refractivity contribution in [3.05, 3.63) is 53.7 Å². The Bertz CT molecular complexity index is 614. The van der Waals surface area contributed by atoms with E-state index < -0.39 is 11.9 Å². The second-order valence-electron chi connectivity index (χ2n) is 4.46. The molecule has 0 aromatic carbocycles. The lowest BCUT2D eigenvalue weighted by atomic mass is 10.1. The summed E-state index contributed by atoms with van der Waals surface area (Å²) in [7, 11) is 0. The molecule has 0 saturated carbocycles. The molecule has 2 aromatic heterocycles. The fourth-order valence-corrected chi connectivity index (χ4v) is 1.74. The first-order chi connectivity index (χ1) is 9.69. The summed E-state index contributed by atoms with van der Waals surface area (Å²) in [6, 6.07) is 7.35. The highest BCUT2D eigenvalue weighted by molar-refractivity contribution is 5.89. The highest BCUT2D eigenvalue weighted by Gasteiger charge is 2.15. The quantitative estimate of drug-likeness (QED) is 0.780. The maximum Gasteiger partial charge on any atom is 0.339 e. The Labute approximate surface area is 116 Å². The van der Waals surface area contributed by atoms with Crippen LogP contribution in [0.2, 0.25) is 0 Å². The molecule has 0 spiro atoms. The number of hydrogen-bond acceptors (Lipinski definition) is 5. The van der Waals surface area contributed by atoms with Crippen molar-refractivity contribution in [3.8, 4) is 6.07 Å². The van der Waals surface area contributed by atoms with Crippen LogP contribution >= 0.6 is 0 Å². The molecule has 1 atom stereocenters. The van der Waals surface area contributed by atoms with Crippen LogP contribution in [0.5, 0.6) is 0 Å². The van der Waals surface area contributed by atoms with Gasteiger partial charge < -0.3 is 9.15 Å². The maximum absolute atomic E-state index is 11.8. The molecule has 102 valence electrons. The number of nitriles is 1. The van der Waals surface area contributed by atoms with Gasteiger partial charge in [0.05, 0.1) is 23.8 Å². The molecule has 0 aliphatic rings. The molecule has 5 nitrogen and oxygen atoms in total. The number of esters is 1. The van der Waals surface area contributed by atoms with Crippen LogP contribution in [0, 0.1) is 24.2 Å². The van der Waals surface area contributed by atoms with Crippen LogP contribution in [-0.2, 0) is 11.2 Å². The molecule has 0 saturated heterocycles. The van der Waals surface area contributed by atoms with Crippen molar-refractivity contribution < 1.29 is 13.9 Å². The molecule has 0 amide bonds. The van der Waals surface area contributed by atoms with Crippen molar-refractivity contribution in [1.82, 2.24) is 4.98 Å². The minimum atomic E-state index is -0.471. The average molecular weight is 270 g/mol. The monoisotopic (exact) mass is 270 g/mol. The molecular formula is C15H14N2O3. The summed E-state index contributed by atoms with van der Waals surface area (Å²) in [5.41, 5.74) is 1.27. The summed E-state index contributed by atoms with van der Waals surface area (Å²) in [6.45, 7) is 1.88. The van der Waals surface area contributed by atoms with Gasteiger partial charge in [-0.05, 0) is 30.7 Å². The highest BCUT2D eigenvalue weighted by atomic mass is 16.5. The van der Waals surface area contributed by atoms with Gasteiger partial charge in [0.15, 0.2) is 0 Å². The number of aryl methyl sites for hydroxylation is 1. The van der Waals surface area contributed by atoms with E-state index in [1.54, 1.807) is 30.7 Å². The third-order valence-electron chi connectivity index (χ3n) is 2.74.